The van der Waals surface area contributed by atoms with Crippen LogP contribution in [0.2, 0.25) is 0 Å². The van der Waals surface area contributed by atoms with E-state index in [1.807, 2.05) is 6.20 Å². The van der Waals surface area contributed by atoms with Gasteiger partial charge in [-0.3, -0.25) is 0 Å². The van der Waals surface area contributed by atoms with Crippen LogP contribution in [0.4, 0.5) is 0 Å². The van der Waals surface area contributed by atoms with Gasteiger partial charge in [0.05, 0.1) is 6.33 Å². The standard InChI is InChI=1S/C8H13N3.2ClH/c9-3-7-1-6(7)2-8-4-10-5-11-8;;/h4-7H,1-3,9H2,(H,10,11);2*1H/t6-,7+;;/m1../s1. The lowest BCUT2D eigenvalue weighted by Crippen LogP contribution is -2.03. The lowest BCUT2D eigenvalue weighted by molar-refractivity contribution is 0.696. The molecular formula is C8H15Cl2N3. The Hall–Kier alpha value is -0.250. The Kier molecular flexibility index (Phi) is 5.37. The van der Waals surface area contributed by atoms with Crippen molar-refractivity contribution >= 4 is 24.8 Å². The molecule has 1 aromatic heterocycles. The molecule has 1 saturated carbocycles. The fourth-order valence-corrected chi connectivity index (χ4v) is 1.53. The van der Waals surface area contributed by atoms with Crippen LogP contribution in [0.1, 0.15) is 12.1 Å². The Morgan fingerprint density at radius 2 is 2.23 bits per heavy atom. The van der Waals surface area contributed by atoms with Gasteiger partial charge in [-0.1, -0.05) is 0 Å². The summed E-state index contributed by atoms with van der Waals surface area (Å²) in [4.78, 5) is 7.07. The molecule has 0 aliphatic heterocycles. The van der Waals surface area contributed by atoms with Crippen molar-refractivity contribution in [3.63, 3.8) is 0 Å². The first-order chi connectivity index (χ1) is 5.40. The van der Waals surface area contributed by atoms with E-state index in [2.05, 4.69) is 9.97 Å². The summed E-state index contributed by atoms with van der Waals surface area (Å²) in [6.45, 7) is 0.846. The van der Waals surface area contributed by atoms with E-state index >= 15 is 0 Å². The largest absolute Gasteiger partial charge is 0.348 e. The van der Waals surface area contributed by atoms with E-state index in [1.165, 1.54) is 12.1 Å². The fraction of sp³-hybridized carbons (Fsp3) is 0.625. The third-order valence-corrected chi connectivity index (χ3v) is 2.41. The van der Waals surface area contributed by atoms with Crippen LogP contribution < -0.4 is 5.73 Å². The van der Waals surface area contributed by atoms with E-state index in [9.17, 15) is 0 Å². The molecule has 0 bridgehead atoms. The predicted molar refractivity (Wildman–Crippen MR) is 57.4 cm³/mol. The number of rotatable bonds is 3. The van der Waals surface area contributed by atoms with Crippen molar-refractivity contribution in [2.75, 3.05) is 6.54 Å². The monoisotopic (exact) mass is 223 g/mol. The molecule has 0 spiro atoms. The van der Waals surface area contributed by atoms with Gasteiger partial charge in [-0.25, -0.2) is 4.98 Å². The average Bonchev–Trinajstić information content (AvgIpc) is 2.54. The summed E-state index contributed by atoms with van der Waals surface area (Å²) in [7, 11) is 0. The number of H-pyrrole nitrogens is 1. The Morgan fingerprint density at radius 1 is 1.46 bits per heavy atom. The Morgan fingerprint density at radius 3 is 2.69 bits per heavy atom. The first-order valence-electron chi connectivity index (χ1n) is 4.07. The van der Waals surface area contributed by atoms with Crippen LogP contribution in [0.5, 0.6) is 0 Å². The smallest absolute Gasteiger partial charge is 0.0921 e. The summed E-state index contributed by atoms with van der Waals surface area (Å²) in [6.07, 6.45) is 6.05. The Balaban J connectivity index is 0.000000720. The van der Waals surface area contributed by atoms with E-state index in [0.717, 1.165) is 24.8 Å². The van der Waals surface area contributed by atoms with Gasteiger partial charge in [0.15, 0.2) is 0 Å². The number of nitrogens with zero attached hydrogens (tertiary/aromatic N) is 1. The number of aromatic amines is 1. The van der Waals surface area contributed by atoms with Crippen LogP contribution >= 0.6 is 24.8 Å². The maximum absolute atomic E-state index is 5.53. The second-order valence-electron chi connectivity index (χ2n) is 3.27. The van der Waals surface area contributed by atoms with Crippen molar-refractivity contribution in [3.05, 3.63) is 18.2 Å². The summed E-state index contributed by atoms with van der Waals surface area (Å²) in [5.41, 5.74) is 6.77. The minimum atomic E-state index is 0. The van der Waals surface area contributed by atoms with E-state index in [-0.39, 0.29) is 24.8 Å². The summed E-state index contributed by atoms with van der Waals surface area (Å²) >= 11 is 0. The van der Waals surface area contributed by atoms with Gasteiger partial charge in [0, 0.05) is 11.9 Å². The molecule has 1 fully saturated rings. The molecule has 0 amide bonds. The maximum atomic E-state index is 5.53. The molecule has 5 heteroatoms. The highest BCUT2D eigenvalue weighted by Crippen LogP contribution is 2.39. The molecule has 1 aliphatic rings. The first-order valence-corrected chi connectivity index (χ1v) is 4.07. The van der Waals surface area contributed by atoms with Gasteiger partial charge in [-0.2, -0.15) is 0 Å². The van der Waals surface area contributed by atoms with Crippen molar-refractivity contribution < 1.29 is 0 Å². The predicted octanol–water partition coefficient (Wildman–Crippen LogP) is 1.39. The van der Waals surface area contributed by atoms with Crippen molar-refractivity contribution in [1.29, 1.82) is 0 Å². The normalized spacial score (nSPS) is 24.4. The number of nitrogens with one attached hydrogen (secondary N) is 1. The van der Waals surface area contributed by atoms with E-state index in [4.69, 9.17) is 5.73 Å². The van der Waals surface area contributed by atoms with Crippen molar-refractivity contribution in [1.82, 2.24) is 9.97 Å². The molecule has 0 saturated heterocycles. The van der Waals surface area contributed by atoms with Crippen LogP contribution in [0.3, 0.4) is 0 Å². The van der Waals surface area contributed by atoms with E-state index in [0.29, 0.717) is 0 Å². The van der Waals surface area contributed by atoms with Gasteiger partial charge < -0.3 is 10.7 Å². The number of halogens is 2. The lowest BCUT2D eigenvalue weighted by atomic mass is 10.2. The quantitative estimate of drug-likeness (QED) is 0.815. The highest BCUT2D eigenvalue weighted by molar-refractivity contribution is 5.85. The molecule has 3 nitrogen and oxygen atoms in total. The highest BCUT2D eigenvalue weighted by Gasteiger charge is 2.35. The van der Waals surface area contributed by atoms with Gasteiger partial charge in [0.1, 0.15) is 0 Å². The SMILES string of the molecule is Cl.Cl.NC[C@@H]1C[C@@H]1Cc1cnc[nH]1. The van der Waals surface area contributed by atoms with Crippen molar-refractivity contribution in [2.45, 2.75) is 12.8 Å². The summed E-state index contributed by atoms with van der Waals surface area (Å²) in [5.74, 6) is 1.60. The number of hydrogen-bond donors (Lipinski definition) is 2. The molecule has 0 unspecified atom stereocenters. The number of imidazole rings is 1. The highest BCUT2D eigenvalue weighted by atomic mass is 35.5. The second kappa shape index (κ2) is 5.47. The minimum absolute atomic E-state index is 0. The average molecular weight is 224 g/mol. The third-order valence-electron chi connectivity index (χ3n) is 2.41. The maximum Gasteiger partial charge on any atom is 0.0921 e. The summed E-state index contributed by atoms with van der Waals surface area (Å²) in [6, 6.07) is 0. The van der Waals surface area contributed by atoms with Gasteiger partial charge in [-0.05, 0) is 31.2 Å². The minimum Gasteiger partial charge on any atom is -0.348 e. The fourth-order valence-electron chi connectivity index (χ4n) is 1.53. The molecule has 2 rings (SSSR count). The van der Waals surface area contributed by atoms with Crippen LogP contribution in [-0.2, 0) is 6.42 Å². The van der Waals surface area contributed by atoms with E-state index in [1.54, 1.807) is 6.33 Å². The molecule has 1 aromatic rings. The van der Waals surface area contributed by atoms with Gasteiger partial charge in [-0.15, -0.1) is 24.8 Å². The molecule has 1 heterocycles. The zero-order valence-electron chi connectivity index (χ0n) is 7.27. The second-order valence-corrected chi connectivity index (χ2v) is 3.27. The number of aromatic nitrogens is 2. The molecule has 13 heavy (non-hydrogen) atoms. The first kappa shape index (κ1) is 12.8. The molecule has 0 aromatic carbocycles. The topological polar surface area (TPSA) is 54.7 Å². The van der Waals surface area contributed by atoms with Gasteiger partial charge in [0.25, 0.3) is 0 Å². The number of hydrogen-bond acceptors (Lipinski definition) is 2. The number of nitrogens with two attached hydrogens (primary N) is 1. The third kappa shape index (κ3) is 3.18. The molecular weight excluding hydrogens is 209 g/mol. The van der Waals surface area contributed by atoms with Crippen molar-refractivity contribution in [2.24, 2.45) is 17.6 Å². The van der Waals surface area contributed by atoms with Crippen LogP contribution in [-0.4, -0.2) is 16.5 Å². The molecule has 2 atom stereocenters. The van der Waals surface area contributed by atoms with Crippen LogP contribution in [0.25, 0.3) is 0 Å². The summed E-state index contributed by atoms with van der Waals surface area (Å²) < 4.78 is 0. The summed E-state index contributed by atoms with van der Waals surface area (Å²) in [5, 5.41) is 0. The zero-order valence-corrected chi connectivity index (χ0v) is 8.90. The Bertz CT molecular complexity index is 225. The van der Waals surface area contributed by atoms with Crippen LogP contribution in [0, 0.1) is 11.8 Å². The molecule has 76 valence electrons. The van der Waals surface area contributed by atoms with Crippen molar-refractivity contribution in [3.8, 4) is 0 Å². The zero-order chi connectivity index (χ0) is 7.68. The van der Waals surface area contributed by atoms with Gasteiger partial charge >= 0.3 is 0 Å². The molecule has 3 N–H and O–H groups in total. The molecule has 0 radical (unpaired) electrons. The van der Waals surface area contributed by atoms with Crippen LogP contribution in [0.15, 0.2) is 12.5 Å². The van der Waals surface area contributed by atoms with E-state index < -0.39 is 0 Å². The Labute approximate surface area is 90.3 Å². The lowest BCUT2D eigenvalue weighted by Gasteiger charge is -1.93. The van der Waals surface area contributed by atoms with Gasteiger partial charge in [0.2, 0.25) is 0 Å². The molecule has 1 aliphatic carbocycles.